The van der Waals surface area contributed by atoms with Crippen LogP contribution in [0.3, 0.4) is 0 Å². The van der Waals surface area contributed by atoms with E-state index in [0.717, 1.165) is 83.0 Å². The molecule has 9 aromatic rings. The quantitative estimate of drug-likeness (QED) is 0.128. The van der Waals surface area contributed by atoms with Gasteiger partial charge < -0.3 is 0 Å². The van der Waals surface area contributed by atoms with E-state index in [9.17, 15) is 0 Å². The van der Waals surface area contributed by atoms with E-state index in [4.69, 9.17) is 9.97 Å². The first-order valence-electron chi connectivity index (χ1n) is 21.6. The van der Waals surface area contributed by atoms with Crippen molar-refractivity contribution in [3.05, 3.63) is 262 Å². The SMILES string of the molecule is CC1=C=C(c2cccc(-c3nc4ccccc4c4cc5c(cc34)-c3ccccc3C5(c3ccccc3)c3ccccc3)c2)C=CC(c2cc3c(c4ncccc24)C(C)=C=CC=C3)=C1. The van der Waals surface area contributed by atoms with Crippen LogP contribution in [0.15, 0.2) is 217 Å². The summed E-state index contributed by atoms with van der Waals surface area (Å²) in [6.07, 6.45) is 14.8. The van der Waals surface area contributed by atoms with Crippen molar-refractivity contribution in [1.82, 2.24) is 9.97 Å². The third kappa shape index (κ3) is 5.74. The average molecular weight is 801 g/mol. The fraction of sp³-hybridized carbons (Fsp3) is 0.0492. The lowest BCUT2D eigenvalue weighted by Gasteiger charge is -2.34. The molecule has 3 aliphatic carbocycles. The Kier molecular flexibility index (Phi) is 8.46. The zero-order chi connectivity index (χ0) is 42.1. The molecule has 2 heteroatoms. The monoisotopic (exact) mass is 800 g/mol. The summed E-state index contributed by atoms with van der Waals surface area (Å²) in [5.74, 6) is 0. The Labute approximate surface area is 367 Å². The molecule has 2 nitrogen and oxygen atoms in total. The second-order valence-corrected chi connectivity index (χ2v) is 16.8. The molecule has 0 saturated heterocycles. The average Bonchev–Trinajstić information content (AvgIpc) is 3.44. The molecule has 12 rings (SSSR count). The van der Waals surface area contributed by atoms with Gasteiger partial charge in [-0.15, -0.1) is 11.5 Å². The molecule has 0 fully saturated rings. The molecule has 2 heterocycles. The van der Waals surface area contributed by atoms with E-state index in [1.54, 1.807) is 0 Å². The van der Waals surface area contributed by atoms with Gasteiger partial charge in [0.15, 0.2) is 0 Å². The highest BCUT2D eigenvalue weighted by Crippen LogP contribution is 2.57. The smallest absolute Gasteiger partial charge is 0.0795 e. The first-order chi connectivity index (χ1) is 31.1. The van der Waals surface area contributed by atoms with E-state index < -0.39 is 5.41 Å². The highest BCUT2D eigenvalue weighted by atomic mass is 14.7. The van der Waals surface area contributed by atoms with Crippen molar-refractivity contribution in [3.8, 4) is 22.4 Å². The molecule has 0 bridgehead atoms. The lowest BCUT2D eigenvalue weighted by molar-refractivity contribution is 0.769. The zero-order valence-corrected chi connectivity index (χ0v) is 35.0. The third-order valence-corrected chi connectivity index (χ3v) is 13.1. The van der Waals surface area contributed by atoms with Gasteiger partial charge in [0.05, 0.1) is 22.1 Å². The van der Waals surface area contributed by atoms with E-state index >= 15 is 0 Å². The van der Waals surface area contributed by atoms with E-state index in [1.807, 2.05) is 18.3 Å². The van der Waals surface area contributed by atoms with Crippen LogP contribution in [-0.2, 0) is 5.41 Å². The molecule has 63 heavy (non-hydrogen) atoms. The molecule has 0 aliphatic heterocycles. The molecule has 294 valence electrons. The zero-order valence-electron chi connectivity index (χ0n) is 35.0. The number of benzene rings is 7. The highest BCUT2D eigenvalue weighted by molar-refractivity contribution is 6.14. The molecule has 0 radical (unpaired) electrons. The molecule has 0 spiro atoms. The Bertz CT molecular complexity index is 3600. The van der Waals surface area contributed by atoms with Crippen LogP contribution in [0.4, 0.5) is 0 Å². The van der Waals surface area contributed by atoms with Crippen LogP contribution in [-0.4, -0.2) is 9.97 Å². The maximum Gasteiger partial charge on any atom is 0.0795 e. The molecule has 0 N–H and O–H groups in total. The van der Waals surface area contributed by atoms with Crippen LogP contribution in [0.5, 0.6) is 0 Å². The van der Waals surface area contributed by atoms with Gasteiger partial charge in [0.25, 0.3) is 0 Å². The molecule has 3 aliphatic rings. The van der Waals surface area contributed by atoms with E-state index in [1.165, 1.54) is 38.8 Å². The topological polar surface area (TPSA) is 25.8 Å². The van der Waals surface area contributed by atoms with Crippen molar-refractivity contribution in [2.24, 2.45) is 0 Å². The molecular formula is C61H40N2. The van der Waals surface area contributed by atoms with Crippen LogP contribution in [0.2, 0.25) is 0 Å². The van der Waals surface area contributed by atoms with Gasteiger partial charge in [0.1, 0.15) is 0 Å². The summed E-state index contributed by atoms with van der Waals surface area (Å²) in [5.41, 5.74) is 27.1. The third-order valence-electron chi connectivity index (χ3n) is 13.1. The fourth-order valence-electron chi connectivity index (χ4n) is 10.4. The van der Waals surface area contributed by atoms with Gasteiger partial charge in [-0.05, 0) is 135 Å². The normalized spacial score (nSPS) is 14.6. The molecule has 0 saturated carbocycles. The number of hydrogen-bond acceptors (Lipinski definition) is 2. The number of aromatic nitrogens is 2. The lowest BCUT2D eigenvalue weighted by atomic mass is 9.67. The minimum atomic E-state index is -0.492. The van der Waals surface area contributed by atoms with Gasteiger partial charge in [-0.25, -0.2) is 4.98 Å². The van der Waals surface area contributed by atoms with Crippen LogP contribution in [0.25, 0.3) is 77.8 Å². The first kappa shape index (κ1) is 36.7. The van der Waals surface area contributed by atoms with Gasteiger partial charge in [0, 0.05) is 44.6 Å². The Morgan fingerprint density at radius 1 is 0.540 bits per heavy atom. The molecule has 7 aromatic carbocycles. The Morgan fingerprint density at radius 2 is 1.29 bits per heavy atom. The van der Waals surface area contributed by atoms with Crippen LogP contribution in [0.1, 0.15) is 58.4 Å². The maximum atomic E-state index is 5.47. The number of rotatable bonds is 5. The van der Waals surface area contributed by atoms with Gasteiger partial charge >= 0.3 is 0 Å². The second kappa shape index (κ2) is 14.5. The largest absolute Gasteiger partial charge is 0.256 e. The van der Waals surface area contributed by atoms with Gasteiger partial charge in [-0.3, -0.25) is 4.98 Å². The van der Waals surface area contributed by atoms with Crippen LogP contribution >= 0.6 is 0 Å². The Hall–Kier alpha value is -8.12. The summed E-state index contributed by atoms with van der Waals surface area (Å²) in [4.78, 5) is 10.4. The van der Waals surface area contributed by atoms with Gasteiger partial charge in [-0.2, -0.15) is 0 Å². The summed E-state index contributed by atoms with van der Waals surface area (Å²) in [6.45, 7) is 4.25. The van der Waals surface area contributed by atoms with E-state index in [2.05, 4.69) is 213 Å². The van der Waals surface area contributed by atoms with Crippen molar-refractivity contribution >= 4 is 55.4 Å². The minimum Gasteiger partial charge on any atom is -0.256 e. The number of hydrogen-bond donors (Lipinski definition) is 0. The van der Waals surface area contributed by atoms with Crippen molar-refractivity contribution in [2.75, 3.05) is 0 Å². The lowest BCUT2D eigenvalue weighted by Crippen LogP contribution is -2.28. The van der Waals surface area contributed by atoms with Crippen LogP contribution < -0.4 is 0 Å². The summed E-state index contributed by atoms with van der Waals surface area (Å²) < 4.78 is 0. The minimum absolute atomic E-state index is 0.492. The van der Waals surface area contributed by atoms with Crippen molar-refractivity contribution in [2.45, 2.75) is 19.3 Å². The summed E-state index contributed by atoms with van der Waals surface area (Å²) >= 11 is 0. The fourth-order valence-corrected chi connectivity index (χ4v) is 10.4. The number of pyridine rings is 2. The second-order valence-electron chi connectivity index (χ2n) is 16.8. The predicted octanol–water partition coefficient (Wildman–Crippen LogP) is 15.1. The summed E-state index contributed by atoms with van der Waals surface area (Å²) in [7, 11) is 0. The van der Waals surface area contributed by atoms with Crippen molar-refractivity contribution in [1.29, 1.82) is 0 Å². The van der Waals surface area contributed by atoms with Crippen molar-refractivity contribution < 1.29 is 0 Å². The molecule has 0 unspecified atom stereocenters. The van der Waals surface area contributed by atoms with Gasteiger partial charge in [0.2, 0.25) is 0 Å². The molecule has 2 aromatic heterocycles. The van der Waals surface area contributed by atoms with E-state index in [-0.39, 0.29) is 0 Å². The number of allylic oxidation sites excluding steroid dienone is 7. The van der Waals surface area contributed by atoms with Crippen molar-refractivity contribution in [3.63, 3.8) is 0 Å². The number of fused-ring (bicyclic) bond motifs is 9. The summed E-state index contributed by atoms with van der Waals surface area (Å²) in [6, 6.07) is 59.9. The number of nitrogens with zero attached hydrogens (tertiary/aromatic N) is 2. The first-order valence-corrected chi connectivity index (χ1v) is 21.6. The van der Waals surface area contributed by atoms with Crippen LogP contribution in [0, 0.1) is 0 Å². The Balaban J connectivity index is 1.02. The van der Waals surface area contributed by atoms with Gasteiger partial charge in [-0.1, -0.05) is 146 Å². The number of para-hydroxylation sites is 1. The molecule has 0 atom stereocenters. The summed E-state index contributed by atoms with van der Waals surface area (Å²) in [5, 5.41) is 4.59. The highest BCUT2D eigenvalue weighted by Gasteiger charge is 2.46. The molecular weight excluding hydrogens is 761 g/mol. The predicted molar refractivity (Wildman–Crippen MR) is 263 cm³/mol. The molecule has 0 amide bonds. The Morgan fingerprint density at radius 3 is 2.13 bits per heavy atom. The standard InChI is InChI=1S/C61H40N2/c1-39-33-42(30-31-43(34-39)51-36-44-18-10-9-17-40(2)58(44)60-50(51)27-16-32-62-60)41-19-15-20-45(35-41)59-54-37-53-48-25-11-13-28-55(48)61(46-21-5-3-6-22-46,47-23-7-4-8-24-47)56(53)38-52(54)49-26-12-14-29-57(49)63-59/h3-16,18-32,34-38H,1-2H3. The maximum absolute atomic E-state index is 5.47. The van der Waals surface area contributed by atoms with E-state index in [0.29, 0.717) is 0 Å².